The number of hydrogen-bond acceptors (Lipinski definition) is 35. The molecule has 644 valence electrons. The lowest BCUT2D eigenvalue weighted by atomic mass is 9.98. The van der Waals surface area contributed by atoms with Crippen molar-refractivity contribution in [3.05, 3.63) is 107 Å². The molecular formula is C72H98Cl2N18O20P2S4. The fourth-order valence-electron chi connectivity index (χ4n) is 12.8. The van der Waals surface area contributed by atoms with E-state index in [4.69, 9.17) is 61.2 Å². The molecule has 8 aromatic heterocycles. The van der Waals surface area contributed by atoms with Crippen LogP contribution < -0.4 is 10.6 Å². The average molecular weight is 1800 g/mol. The number of hydrogen-bond donors (Lipinski definition) is 13. The molecule has 17 atom stereocenters. The lowest BCUT2D eigenvalue weighted by Gasteiger charge is -2.22. The van der Waals surface area contributed by atoms with E-state index >= 15 is 0 Å². The van der Waals surface area contributed by atoms with Gasteiger partial charge in [-0.05, 0) is 17.5 Å². The summed E-state index contributed by atoms with van der Waals surface area (Å²) in [5, 5.41) is 90.7. The number of ether oxygens (including phenoxy) is 5. The first-order valence-corrected chi connectivity index (χ1v) is 45.0. The van der Waals surface area contributed by atoms with Crippen molar-refractivity contribution >= 4 is 148 Å². The minimum absolute atomic E-state index is 0. The highest BCUT2D eigenvalue weighted by atomic mass is 35.5. The lowest BCUT2D eigenvalue weighted by molar-refractivity contribution is -0.153. The quantitative estimate of drug-likeness (QED) is 0.00753. The van der Waals surface area contributed by atoms with Crippen LogP contribution in [0.15, 0.2) is 107 Å². The molecule has 4 saturated heterocycles. The molecular weight excluding hydrogens is 1700 g/mol. The summed E-state index contributed by atoms with van der Waals surface area (Å²) in [6, 6.07) is 19.7. The number of thioether (sulfide) groups is 4. The highest BCUT2D eigenvalue weighted by molar-refractivity contribution is 8.00. The number of nitrogens with one attached hydrogen (secondary N) is 2. The number of carbonyl (C=O) groups excluding carboxylic acids is 1. The van der Waals surface area contributed by atoms with Crippen molar-refractivity contribution in [2.75, 3.05) is 36.4 Å². The Morgan fingerprint density at radius 1 is 0.500 bits per heavy atom. The Bertz CT molecular complexity index is 5110. The molecule has 4 fully saturated rings. The molecule has 14 rings (SSSR count). The second-order valence-corrected chi connectivity index (χ2v) is 39.5. The van der Waals surface area contributed by atoms with Gasteiger partial charge in [0, 0.05) is 46.9 Å². The molecule has 4 aliphatic rings. The molecule has 118 heavy (non-hydrogen) atoms. The first-order chi connectivity index (χ1) is 55.5. The van der Waals surface area contributed by atoms with Gasteiger partial charge in [-0.3, -0.25) is 32.2 Å². The van der Waals surface area contributed by atoms with Gasteiger partial charge in [-0.1, -0.05) is 208 Å². The van der Waals surface area contributed by atoms with Crippen LogP contribution in [0, 0.1) is 5.92 Å². The van der Waals surface area contributed by atoms with E-state index in [0.29, 0.717) is 100 Å². The highest BCUT2D eigenvalue weighted by Crippen LogP contribution is 2.56. The topological polar surface area (TPSA) is 528 Å². The predicted molar refractivity (Wildman–Crippen MR) is 443 cm³/mol. The van der Waals surface area contributed by atoms with Gasteiger partial charge in [0.1, 0.15) is 66.0 Å². The van der Waals surface area contributed by atoms with Crippen molar-refractivity contribution in [2.45, 2.75) is 237 Å². The van der Waals surface area contributed by atoms with Crippen molar-refractivity contribution in [1.82, 2.24) is 78.1 Å². The smallest absolute Gasteiger partial charge is 0.340 e. The van der Waals surface area contributed by atoms with Gasteiger partial charge in [0.15, 0.2) is 113 Å². The molecule has 0 radical (unpaired) electrons. The van der Waals surface area contributed by atoms with Crippen LogP contribution in [0.3, 0.4) is 0 Å². The Balaban J connectivity index is 0.000000168. The minimum atomic E-state index is -4.83. The third-order valence-electron chi connectivity index (χ3n) is 18.2. The number of anilines is 2. The molecule has 0 spiro atoms. The largest absolute Gasteiger partial charge is 0.457 e. The molecule has 38 nitrogen and oxygen atoms in total. The summed E-state index contributed by atoms with van der Waals surface area (Å²) in [4.78, 5) is 92.6. The third-order valence-corrected chi connectivity index (χ3v) is 25.6. The van der Waals surface area contributed by atoms with E-state index < -0.39 is 127 Å². The Kier molecular flexibility index (Phi) is 32.7. The first kappa shape index (κ1) is 93.8. The number of aliphatic hydroxyl groups excluding tert-OH is 8. The van der Waals surface area contributed by atoms with E-state index in [1.807, 2.05) is 95.3 Å². The second kappa shape index (κ2) is 41.1. The summed E-state index contributed by atoms with van der Waals surface area (Å²) in [6.07, 6.45) is -7.98. The molecule has 4 aliphatic heterocycles. The lowest BCUT2D eigenvalue weighted by Crippen LogP contribution is -2.33. The van der Waals surface area contributed by atoms with Crippen molar-refractivity contribution in [2.24, 2.45) is 5.92 Å². The zero-order valence-corrected chi connectivity index (χ0v) is 71.7. The van der Waals surface area contributed by atoms with E-state index in [9.17, 15) is 59.7 Å². The van der Waals surface area contributed by atoms with Crippen LogP contribution in [0.1, 0.15) is 126 Å². The van der Waals surface area contributed by atoms with E-state index in [0.717, 1.165) is 17.5 Å². The molecule has 46 heteroatoms. The molecule has 0 bridgehead atoms. The summed E-state index contributed by atoms with van der Waals surface area (Å²) in [5.74, 6) is -0.606. The third kappa shape index (κ3) is 22.9. The maximum absolute atomic E-state index is 12.0. The summed E-state index contributed by atoms with van der Waals surface area (Å²) in [7, 11) is -9.50. The van der Waals surface area contributed by atoms with Gasteiger partial charge in [-0.25, -0.2) is 59.8 Å². The van der Waals surface area contributed by atoms with Gasteiger partial charge in [0.25, 0.3) is 0 Å². The molecule has 13 N–H and O–H groups in total. The highest BCUT2D eigenvalue weighted by Gasteiger charge is 2.49. The van der Waals surface area contributed by atoms with Gasteiger partial charge in [0.05, 0.1) is 51.2 Å². The van der Waals surface area contributed by atoms with Gasteiger partial charge in [-0.15, -0.1) is 0 Å². The fraction of sp³-hybridized carbons (Fsp3) is 0.542. The number of fused-ring (bicyclic) bond motifs is 4. The fourth-order valence-corrected chi connectivity index (χ4v) is 18.7. The summed E-state index contributed by atoms with van der Waals surface area (Å²) in [6.45, 7) is 21.3. The Hall–Kier alpha value is -6.49. The maximum Gasteiger partial charge on any atom is 0.340 e. The molecule has 2 aromatic carbocycles. The number of aliphatic hydroxyl groups is 8. The summed E-state index contributed by atoms with van der Waals surface area (Å²) >= 11 is 18.4. The predicted octanol–water partition coefficient (Wildman–Crippen LogP) is 8.53. The van der Waals surface area contributed by atoms with Crippen LogP contribution in [0.4, 0.5) is 11.6 Å². The van der Waals surface area contributed by atoms with Crippen LogP contribution in [-0.4, -0.2) is 253 Å². The Morgan fingerprint density at radius 2 is 0.831 bits per heavy atom. The van der Waals surface area contributed by atoms with Crippen LogP contribution in [0.2, 0.25) is 10.3 Å². The van der Waals surface area contributed by atoms with Crippen LogP contribution in [0.5, 0.6) is 0 Å². The van der Waals surface area contributed by atoms with E-state index in [-0.39, 0.29) is 46.3 Å². The number of aromatic nitrogens is 16. The van der Waals surface area contributed by atoms with E-state index in [1.165, 1.54) is 82.1 Å². The molecule has 0 aliphatic carbocycles. The maximum atomic E-state index is 12.0. The summed E-state index contributed by atoms with van der Waals surface area (Å²) in [5.41, 5.74) is 5.77. The van der Waals surface area contributed by atoms with E-state index in [2.05, 4.69) is 105 Å². The molecule has 12 heterocycles. The number of nitrogens with zero attached hydrogens (tertiary/aromatic N) is 16. The average Bonchev–Trinajstić information content (AvgIpc) is 1.63. The van der Waals surface area contributed by atoms with Crippen LogP contribution in [-0.2, 0) is 55.2 Å². The van der Waals surface area contributed by atoms with Crippen LogP contribution >= 0.6 is 85.4 Å². The first-order valence-electron chi connectivity index (χ1n) is 37.2. The van der Waals surface area contributed by atoms with Gasteiger partial charge < -0.3 is 94.4 Å². The number of rotatable bonds is 27. The number of imidazole rings is 4. The number of benzene rings is 2. The standard InChI is InChI=1S/C21H29N5O9P2S.C20H25N5O4S.C17H23ClN4O3S.C13H17ClN4O4S.CH4/c1-12(2)38-21-24-18(22-8-13-6-4-3-5-7-13)15-19(25-21)26(10-23-15)20-17(28)16(27)14(35-20)9-34-37(32,33)11-36(29,30)31;1-11(2)30-20-23-17(21-8-12-6-4-3-5-7-12)14-18(24-20)25(10-22-14)19-16(28)15(27)13(9-26)29-19;1-6-11-9(4)13(24-10(5)23)16(25-11)22-7-19-12-14(18)20-17(21-15(12)22)26-8(2)3;1-5(2)23-13-16-10(14)7-11(17-13)18(4-15-7)12-9(21)8(20)6(3-19)22-12;/h3-7,10,12,14,16-17,20,27-28H,8-9,11H2,1-2H3,(H,32,33)(H,22,24,25)(H2,29,30,31);3-7,10-11,13,15-16,19,26-28H,8-9H2,1-2H3,(H,21,23,24);7-9,11,13,16H,6H2,1-5H3;4-6,8-9,12,19-21H,3H2,1-2H3;1H4/t14-,16-,17-,20-;13-,15-,16-,19-;9-,11-,13-,16-;6-,8-,9-,12-;/m1111./s1. The SMILES string of the molecule is C.CC(C)Sc1nc(Cl)c2ncn([C@@H]3O[C@H](CO)[C@@H](O)[C@H]3O)c2n1.CC(C)Sc1nc(NCc2ccccc2)c2ncn([C@@H]3O[C@H](CO)[C@@H](O)[C@H]3O)c2n1.CC(C)Sc1nc(NCc2ccccc2)c2ncn([C@@H]3O[C@H](COP(=O)(O)CP(=O)(O)O)[C@@H](O)[C@H]3O)c2n1.CC[C@H]1O[C@@H](n2cnc3c(Cl)nc(SC(C)C)nc32)[C@H](OC(C)=O)[C@@H]1C. The number of carbonyl (C=O) groups is 1. The molecule has 1 unspecified atom stereocenters. The van der Waals surface area contributed by atoms with Crippen molar-refractivity contribution in [3.63, 3.8) is 0 Å². The zero-order chi connectivity index (χ0) is 84.6. The normalized spacial score (nSPS) is 24.9. The monoisotopic (exact) mass is 1790 g/mol. The summed E-state index contributed by atoms with van der Waals surface area (Å²) < 4.78 is 62.8. The second-order valence-electron chi connectivity index (χ2n) is 28.6. The van der Waals surface area contributed by atoms with Crippen molar-refractivity contribution in [3.8, 4) is 0 Å². The zero-order valence-electron chi connectivity index (χ0n) is 65.1. The number of halogens is 2. The molecule has 0 saturated carbocycles. The van der Waals surface area contributed by atoms with Gasteiger partial charge in [0.2, 0.25) is 0 Å². The van der Waals surface area contributed by atoms with Crippen molar-refractivity contribution in [1.29, 1.82) is 0 Å². The molecule has 0 amide bonds. The Labute approximate surface area is 705 Å². The van der Waals surface area contributed by atoms with Gasteiger partial charge in [-0.2, -0.15) is 0 Å². The molecule has 10 aromatic rings. The van der Waals surface area contributed by atoms with Crippen LogP contribution in [0.25, 0.3) is 44.7 Å². The minimum Gasteiger partial charge on any atom is -0.457 e. The number of esters is 1. The van der Waals surface area contributed by atoms with E-state index in [1.54, 1.807) is 15.5 Å². The van der Waals surface area contributed by atoms with Gasteiger partial charge >= 0.3 is 21.2 Å². The van der Waals surface area contributed by atoms with Crippen molar-refractivity contribution < 1.29 is 97.7 Å². The Morgan fingerprint density at radius 3 is 1.17 bits per heavy atom.